The van der Waals surface area contributed by atoms with Gasteiger partial charge in [0.25, 0.3) is 0 Å². The van der Waals surface area contributed by atoms with E-state index in [2.05, 4.69) is 10.1 Å². The molecule has 1 aliphatic carbocycles. The lowest BCUT2D eigenvalue weighted by atomic mass is 9.93. The number of rotatable bonds is 2. The number of aromatic nitrogens is 2. The second-order valence-electron chi connectivity index (χ2n) is 4.50. The molecule has 5 heteroatoms. The monoisotopic (exact) mass is 225 g/mol. The summed E-state index contributed by atoms with van der Waals surface area (Å²) in [6.45, 7) is 0. The molecule has 1 aliphatic heterocycles. The summed E-state index contributed by atoms with van der Waals surface area (Å²) in [6.07, 6.45) is 4.30. The Labute approximate surface area is 93.0 Å². The van der Waals surface area contributed by atoms with Gasteiger partial charge >= 0.3 is 0 Å². The molecule has 0 bridgehead atoms. The van der Waals surface area contributed by atoms with Crippen molar-refractivity contribution in [2.45, 2.75) is 37.1 Å². The summed E-state index contributed by atoms with van der Waals surface area (Å²) in [4.78, 5) is 4.46. The van der Waals surface area contributed by atoms with Crippen LogP contribution in [0.4, 0.5) is 0 Å². The Morgan fingerprint density at radius 3 is 2.73 bits per heavy atom. The van der Waals surface area contributed by atoms with Gasteiger partial charge in [0.2, 0.25) is 5.89 Å². The van der Waals surface area contributed by atoms with E-state index < -0.39 is 0 Å². The Morgan fingerprint density at radius 2 is 2.07 bits per heavy atom. The van der Waals surface area contributed by atoms with E-state index in [4.69, 9.17) is 10.3 Å². The van der Waals surface area contributed by atoms with Crippen LogP contribution in [-0.4, -0.2) is 21.6 Å². The van der Waals surface area contributed by atoms with Crippen LogP contribution < -0.4 is 5.73 Å². The highest BCUT2D eigenvalue weighted by molar-refractivity contribution is 7.99. The normalized spacial score (nSPS) is 25.4. The van der Waals surface area contributed by atoms with Crippen molar-refractivity contribution in [1.82, 2.24) is 10.1 Å². The topological polar surface area (TPSA) is 64.9 Å². The minimum absolute atomic E-state index is 0.331. The molecule has 1 saturated heterocycles. The summed E-state index contributed by atoms with van der Waals surface area (Å²) in [6, 6.07) is 0. The molecule has 0 unspecified atom stereocenters. The van der Waals surface area contributed by atoms with Crippen LogP contribution in [0.5, 0.6) is 0 Å². The average molecular weight is 225 g/mol. The van der Waals surface area contributed by atoms with E-state index in [-0.39, 0.29) is 5.54 Å². The molecular weight excluding hydrogens is 210 g/mol. The van der Waals surface area contributed by atoms with Crippen LogP contribution in [0, 0.1) is 0 Å². The summed E-state index contributed by atoms with van der Waals surface area (Å²) in [5.74, 6) is 4.25. The first-order valence-corrected chi connectivity index (χ1v) is 6.64. The summed E-state index contributed by atoms with van der Waals surface area (Å²) < 4.78 is 5.26. The van der Waals surface area contributed by atoms with Crippen molar-refractivity contribution in [1.29, 1.82) is 0 Å². The Balaban J connectivity index is 1.83. The van der Waals surface area contributed by atoms with E-state index in [1.807, 2.05) is 11.8 Å². The van der Waals surface area contributed by atoms with Crippen molar-refractivity contribution in [3.05, 3.63) is 11.7 Å². The lowest BCUT2D eigenvalue weighted by Gasteiger charge is -2.29. The summed E-state index contributed by atoms with van der Waals surface area (Å²) in [5, 5.41) is 4.05. The van der Waals surface area contributed by atoms with Crippen molar-refractivity contribution in [2.75, 3.05) is 11.5 Å². The molecule has 3 rings (SSSR count). The number of hydrogen-bond donors (Lipinski definition) is 1. The highest BCUT2D eigenvalue weighted by Gasteiger charge is 2.37. The predicted octanol–water partition coefficient (Wildman–Crippen LogP) is 1.63. The number of nitrogens with two attached hydrogens (primary N) is 1. The van der Waals surface area contributed by atoms with E-state index in [0.717, 1.165) is 36.1 Å². The Kier molecular flexibility index (Phi) is 2.25. The fourth-order valence-corrected chi connectivity index (χ4v) is 3.11. The predicted molar refractivity (Wildman–Crippen MR) is 58.7 cm³/mol. The van der Waals surface area contributed by atoms with Gasteiger partial charge in [-0.2, -0.15) is 16.7 Å². The zero-order valence-electron chi connectivity index (χ0n) is 8.61. The molecule has 0 radical (unpaired) electrons. The molecule has 1 aromatic rings. The molecule has 2 heterocycles. The first kappa shape index (κ1) is 9.66. The second kappa shape index (κ2) is 3.49. The quantitative estimate of drug-likeness (QED) is 0.828. The maximum Gasteiger partial charge on any atom is 0.229 e. The largest absolute Gasteiger partial charge is 0.339 e. The standard InChI is InChI=1S/C10H15N3OS/c11-10(3-5-15-6-4-10)9-12-8(14-13-9)7-1-2-7/h7H,1-6,11H2. The van der Waals surface area contributed by atoms with Gasteiger partial charge in [-0.25, -0.2) is 0 Å². The van der Waals surface area contributed by atoms with E-state index in [1.54, 1.807) is 0 Å². The lowest BCUT2D eigenvalue weighted by molar-refractivity contribution is 0.335. The van der Waals surface area contributed by atoms with Crippen LogP contribution in [0.1, 0.15) is 43.3 Å². The average Bonchev–Trinajstić information content (AvgIpc) is 2.97. The van der Waals surface area contributed by atoms with Gasteiger partial charge in [-0.05, 0) is 37.2 Å². The molecule has 0 amide bonds. The Morgan fingerprint density at radius 1 is 1.33 bits per heavy atom. The number of hydrogen-bond acceptors (Lipinski definition) is 5. The fourth-order valence-electron chi connectivity index (χ4n) is 1.89. The molecule has 2 fully saturated rings. The minimum atomic E-state index is -0.331. The minimum Gasteiger partial charge on any atom is -0.339 e. The zero-order valence-corrected chi connectivity index (χ0v) is 9.42. The van der Waals surface area contributed by atoms with E-state index in [1.165, 1.54) is 12.8 Å². The SMILES string of the molecule is NC1(c2noc(C3CC3)n2)CCSCC1. The highest BCUT2D eigenvalue weighted by Crippen LogP contribution is 2.40. The van der Waals surface area contributed by atoms with Crippen molar-refractivity contribution in [3.8, 4) is 0 Å². The molecule has 1 aromatic heterocycles. The van der Waals surface area contributed by atoms with Gasteiger partial charge in [0.1, 0.15) is 0 Å². The number of thioether (sulfide) groups is 1. The third-order valence-electron chi connectivity index (χ3n) is 3.20. The van der Waals surface area contributed by atoms with Crippen molar-refractivity contribution < 1.29 is 4.52 Å². The first-order chi connectivity index (χ1) is 7.28. The Bertz CT molecular complexity index is 355. The second-order valence-corrected chi connectivity index (χ2v) is 5.72. The summed E-state index contributed by atoms with van der Waals surface area (Å²) in [5.41, 5.74) is 5.98. The number of nitrogens with zero attached hydrogens (tertiary/aromatic N) is 2. The van der Waals surface area contributed by atoms with Gasteiger partial charge < -0.3 is 10.3 Å². The fraction of sp³-hybridized carbons (Fsp3) is 0.800. The first-order valence-electron chi connectivity index (χ1n) is 5.49. The van der Waals surface area contributed by atoms with Gasteiger partial charge in [0.15, 0.2) is 5.82 Å². The lowest BCUT2D eigenvalue weighted by Crippen LogP contribution is -2.41. The van der Waals surface area contributed by atoms with E-state index in [0.29, 0.717) is 5.92 Å². The molecule has 1 saturated carbocycles. The van der Waals surface area contributed by atoms with Crippen LogP contribution in [0.15, 0.2) is 4.52 Å². The van der Waals surface area contributed by atoms with Crippen molar-refractivity contribution >= 4 is 11.8 Å². The molecule has 2 aliphatic rings. The molecule has 0 spiro atoms. The summed E-state index contributed by atoms with van der Waals surface area (Å²) in [7, 11) is 0. The molecule has 15 heavy (non-hydrogen) atoms. The van der Waals surface area contributed by atoms with Gasteiger partial charge in [0.05, 0.1) is 5.54 Å². The Hall–Kier alpha value is -0.550. The summed E-state index contributed by atoms with van der Waals surface area (Å²) >= 11 is 1.95. The van der Waals surface area contributed by atoms with Gasteiger partial charge in [-0.3, -0.25) is 0 Å². The molecule has 0 aromatic carbocycles. The van der Waals surface area contributed by atoms with Gasteiger partial charge in [-0.15, -0.1) is 0 Å². The van der Waals surface area contributed by atoms with Crippen LogP contribution in [0.2, 0.25) is 0 Å². The van der Waals surface area contributed by atoms with E-state index in [9.17, 15) is 0 Å². The molecule has 2 N–H and O–H groups in total. The van der Waals surface area contributed by atoms with Crippen LogP contribution in [-0.2, 0) is 5.54 Å². The molecule has 4 nitrogen and oxygen atoms in total. The van der Waals surface area contributed by atoms with Crippen LogP contribution in [0.25, 0.3) is 0 Å². The molecule has 82 valence electrons. The van der Waals surface area contributed by atoms with Crippen LogP contribution in [0.3, 0.4) is 0 Å². The zero-order chi connectivity index (χ0) is 10.3. The smallest absolute Gasteiger partial charge is 0.229 e. The third kappa shape index (κ3) is 1.78. The van der Waals surface area contributed by atoms with E-state index >= 15 is 0 Å². The highest BCUT2D eigenvalue weighted by atomic mass is 32.2. The molecular formula is C10H15N3OS. The maximum atomic E-state index is 6.32. The van der Waals surface area contributed by atoms with Crippen molar-refractivity contribution in [2.24, 2.45) is 5.73 Å². The van der Waals surface area contributed by atoms with Crippen molar-refractivity contribution in [3.63, 3.8) is 0 Å². The molecule has 0 atom stereocenters. The van der Waals surface area contributed by atoms with Gasteiger partial charge in [0, 0.05) is 5.92 Å². The van der Waals surface area contributed by atoms with Gasteiger partial charge in [-0.1, -0.05) is 5.16 Å². The van der Waals surface area contributed by atoms with Crippen LogP contribution >= 0.6 is 11.8 Å². The third-order valence-corrected chi connectivity index (χ3v) is 4.18. The maximum absolute atomic E-state index is 6.32.